The topological polar surface area (TPSA) is 88.9 Å². The lowest BCUT2D eigenvalue weighted by Gasteiger charge is -2.19. The van der Waals surface area contributed by atoms with E-state index in [-0.39, 0.29) is 18.9 Å². The molecular weight excluding hydrogens is 348 g/mol. The minimum atomic E-state index is -0.480. The fourth-order valence-electron chi connectivity index (χ4n) is 2.52. The van der Waals surface area contributed by atoms with Crippen molar-refractivity contribution < 1.29 is 23.5 Å². The van der Waals surface area contributed by atoms with E-state index in [2.05, 4.69) is 5.32 Å². The Hall–Kier alpha value is -3.09. The van der Waals surface area contributed by atoms with Gasteiger partial charge in [-0.2, -0.15) is 0 Å². The van der Waals surface area contributed by atoms with E-state index in [0.29, 0.717) is 36.5 Å². The highest BCUT2D eigenvalue weighted by molar-refractivity contribution is 5.97. The first-order valence-corrected chi connectivity index (χ1v) is 8.90. The molecule has 0 fully saturated rings. The van der Waals surface area contributed by atoms with E-state index in [0.717, 1.165) is 0 Å². The molecule has 7 heteroatoms. The van der Waals surface area contributed by atoms with Crippen LogP contribution in [0, 0.1) is 0 Å². The van der Waals surface area contributed by atoms with Crippen LogP contribution in [-0.4, -0.2) is 42.4 Å². The van der Waals surface area contributed by atoms with E-state index >= 15 is 0 Å². The van der Waals surface area contributed by atoms with Crippen LogP contribution in [0.15, 0.2) is 47.1 Å². The second-order valence-electron chi connectivity index (χ2n) is 5.85. The van der Waals surface area contributed by atoms with Gasteiger partial charge in [0.15, 0.2) is 6.61 Å². The van der Waals surface area contributed by atoms with Crippen LogP contribution >= 0.6 is 0 Å². The van der Waals surface area contributed by atoms with Crippen LogP contribution in [0.25, 0.3) is 0 Å². The Labute approximate surface area is 158 Å². The van der Waals surface area contributed by atoms with Crippen molar-refractivity contribution in [1.82, 2.24) is 4.90 Å². The van der Waals surface area contributed by atoms with Crippen LogP contribution in [0.3, 0.4) is 0 Å². The molecule has 0 radical (unpaired) electrons. The highest BCUT2D eigenvalue weighted by Crippen LogP contribution is 2.13. The highest BCUT2D eigenvalue weighted by Gasteiger charge is 2.14. The van der Waals surface area contributed by atoms with Gasteiger partial charge in [-0.05, 0) is 44.2 Å². The van der Waals surface area contributed by atoms with Gasteiger partial charge in [0.1, 0.15) is 5.76 Å². The van der Waals surface area contributed by atoms with E-state index in [1.54, 1.807) is 41.3 Å². The summed E-state index contributed by atoms with van der Waals surface area (Å²) >= 11 is 0. The molecular formula is C20H24N2O5. The number of rotatable bonds is 9. The van der Waals surface area contributed by atoms with Crippen LogP contribution in [0.4, 0.5) is 5.69 Å². The first kappa shape index (κ1) is 20.2. The minimum Gasteiger partial charge on any atom is -0.469 e. The third kappa shape index (κ3) is 6.29. The third-order valence-corrected chi connectivity index (χ3v) is 3.96. The van der Waals surface area contributed by atoms with Crippen molar-refractivity contribution in [3.8, 4) is 0 Å². The van der Waals surface area contributed by atoms with Crippen molar-refractivity contribution in [2.24, 2.45) is 0 Å². The number of ether oxygens (including phenoxy) is 1. The number of hydrogen-bond donors (Lipinski definition) is 1. The molecule has 1 heterocycles. The zero-order chi connectivity index (χ0) is 19.6. The fourth-order valence-corrected chi connectivity index (χ4v) is 2.52. The molecule has 2 aromatic rings. The Morgan fingerprint density at radius 3 is 2.56 bits per heavy atom. The van der Waals surface area contributed by atoms with Gasteiger partial charge in [-0.3, -0.25) is 14.4 Å². The van der Waals surface area contributed by atoms with Crippen molar-refractivity contribution in [1.29, 1.82) is 0 Å². The van der Waals surface area contributed by atoms with E-state index < -0.39 is 11.9 Å². The van der Waals surface area contributed by atoms with Gasteiger partial charge >= 0.3 is 5.97 Å². The third-order valence-electron chi connectivity index (χ3n) is 3.96. The van der Waals surface area contributed by atoms with Crippen LogP contribution in [0.2, 0.25) is 0 Å². The SMILES string of the molecule is CCN(CC)C(=O)c1cccc(NC(=O)COC(=O)CCc2ccco2)c1. The molecule has 27 heavy (non-hydrogen) atoms. The average molecular weight is 372 g/mol. The van der Waals surface area contributed by atoms with Crippen molar-refractivity contribution in [2.75, 3.05) is 25.0 Å². The number of carbonyl (C=O) groups excluding carboxylic acids is 3. The number of benzene rings is 1. The lowest BCUT2D eigenvalue weighted by atomic mass is 10.1. The molecule has 2 rings (SSSR count). The van der Waals surface area contributed by atoms with Crippen LogP contribution in [0.1, 0.15) is 36.4 Å². The molecule has 0 spiro atoms. The maximum Gasteiger partial charge on any atom is 0.306 e. The van der Waals surface area contributed by atoms with Gasteiger partial charge in [-0.25, -0.2) is 0 Å². The normalized spacial score (nSPS) is 10.3. The van der Waals surface area contributed by atoms with Gasteiger partial charge in [-0.1, -0.05) is 6.07 Å². The molecule has 1 aromatic heterocycles. The second-order valence-corrected chi connectivity index (χ2v) is 5.85. The molecule has 1 N–H and O–H groups in total. The highest BCUT2D eigenvalue weighted by atomic mass is 16.5. The summed E-state index contributed by atoms with van der Waals surface area (Å²) in [6.45, 7) is 4.66. The molecule has 0 saturated carbocycles. The summed E-state index contributed by atoms with van der Waals surface area (Å²) in [5.41, 5.74) is 0.969. The Balaban J connectivity index is 1.82. The Morgan fingerprint density at radius 2 is 1.89 bits per heavy atom. The van der Waals surface area contributed by atoms with Gasteiger partial charge in [0.05, 0.1) is 12.7 Å². The number of anilines is 1. The van der Waals surface area contributed by atoms with E-state index in [1.807, 2.05) is 13.8 Å². The molecule has 7 nitrogen and oxygen atoms in total. The maximum atomic E-state index is 12.4. The summed E-state index contributed by atoms with van der Waals surface area (Å²) in [5.74, 6) is -0.354. The molecule has 0 aliphatic carbocycles. The quantitative estimate of drug-likeness (QED) is 0.684. The molecule has 0 bridgehead atoms. The summed E-state index contributed by atoms with van der Waals surface area (Å²) in [5, 5.41) is 2.63. The molecule has 0 aliphatic heterocycles. The first-order chi connectivity index (χ1) is 13.0. The molecule has 2 amide bonds. The summed E-state index contributed by atoms with van der Waals surface area (Å²) in [6, 6.07) is 10.2. The number of aryl methyl sites for hydroxylation is 1. The van der Waals surface area contributed by atoms with Crippen LogP contribution in [0.5, 0.6) is 0 Å². The van der Waals surface area contributed by atoms with Gasteiger partial charge < -0.3 is 19.4 Å². The average Bonchev–Trinajstić information content (AvgIpc) is 3.19. The van der Waals surface area contributed by atoms with Crippen molar-refractivity contribution in [3.63, 3.8) is 0 Å². The first-order valence-electron chi connectivity index (χ1n) is 8.90. The Bertz CT molecular complexity index is 766. The van der Waals surface area contributed by atoms with Gasteiger partial charge in [0, 0.05) is 30.8 Å². The zero-order valence-electron chi connectivity index (χ0n) is 15.6. The summed E-state index contributed by atoms with van der Waals surface area (Å²) < 4.78 is 10.1. The van der Waals surface area contributed by atoms with Crippen LogP contribution in [-0.2, 0) is 20.7 Å². The molecule has 0 unspecified atom stereocenters. The van der Waals surface area contributed by atoms with Crippen molar-refractivity contribution >= 4 is 23.5 Å². The number of hydrogen-bond acceptors (Lipinski definition) is 5. The number of furan rings is 1. The van der Waals surface area contributed by atoms with E-state index in [4.69, 9.17) is 9.15 Å². The predicted octanol–water partition coefficient (Wildman–Crippen LogP) is 2.88. The van der Waals surface area contributed by atoms with Gasteiger partial charge in [0.25, 0.3) is 11.8 Å². The monoisotopic (exact) mass is 372 g/mol. The standard InChI is InChI=1S/C20H24N2O5/c1-3-22(4-2)20(25)15-7-5-8-16(13-15)21-18(23)14-27-19(24)11-10-17-9-6-12-26-17/h5-9,12-13H,3-4,10-11,14H2,1-2H3,(H,21,23). The second kappa shape index (κ2) is 10.2. The lowest BCUT2D eigenvalue weighted by molar-refractivity contribution is -0.147. The number of nitrogens with zero attached hydrogens (tertiary/aromatic N) is 1. The van der Waals surface area contributed by atoms with E-state index in [1.165, 1.54) is 6.26 Å². The van der Waals surface area contributed by atoms with E-state index in [9.17, 15) is 14.4 Å². The Kier molecular flexibility index (Phi) is 7.61. The fraction of sp³-hybridized carbons (Fsp3) is 0.350. The number of amides is 2. The zero-order valence-corrected chi connectivity index (χ0v) is 15.6. The maximum absolute atomic E-state index is 12.4. The molecule has 0 atom stereocenters. The van der Waals surface area contributed by atoms with Crippen molar-refractivity contribution in [3.05, 3.63) is 54.0 Å². The molecule has 1 aromatic carbocycles. The summed E-state index contributed by atoms with van der Waals surface area (Å²) in [7, 11) is 0. The summed E-state index contributed by atoms with van der Waals surface area (Å²) in [6.07, 6.45) is 2.09. The summed E-state index contributed by atoms with van der Waals surface area (Å²) in [4.78, 5) is 37.7. The van der Waals surface area contributed by atoms with Crippen molar-refractivity contribution in [2.45, 2.75) is 26.7 Å². The lowest BCUT2D eigenvalue weighted by Crippen LogP contribution is -2.30. The minimum absolute atomic E-state index is 0.0968. The molecule has 0 saturated heterocycles. The number of carbonyl (C=O) groups is 3. The smallest absolute Gasteiger partial charge is 0.306 e. The molecule has 0 aliphatic rings. The van der Waals surface area contributed by atoms with Gasteiger partial charge in [0.2, 0.25) is 0 Å². The van der Waals surface area contributed by atoms with Gasteiger partial charge in [-0.15, -0.1) is 0 Å². The number of nitrogens with one attached hydrogen (secondary N) is 1. The number of esters is 1. The largest absolute Gasteiger partial charge is 0.469 e. The predicted molar refractivity (Wildman–Crippen MR) is 100 cm³/mol. The van der Waals surface area contributed by atoms with Crippen LogP contribution < -0.4 is 5.32 Å². The molecule has 144 valence electrons. The Morgan fingerprint density at radius 1 is 1.11 bits per heavy atom.